The molecular formula is C15H27NO4. The summed E-state index contributed by atoms with van der Waals surface area (Å²) in [5.74, 6) is -1.25. The first-order valence-electron chi connectivity index (χ1n) is 7.73. The lowest BCUT2D eigenvalue weighted by molar-refractivity contribution is -0.144. The minimum absolute atomic E-state index is 0.00417. The molecule has 2 atom stereocenters. The second-order valence-electron chi connectivity index (χ2n) is 5.51. The zero-order chi connectivity index (χ0) is 14.8. The summed E-state index contributed by atoms with van der Waals surface area (Å²) in [6, 6.07) is 0. The van der Waals surface area contributed by atoms with E-state index in [0.29, 0.717) is 26.0 Å². The van der Waals surface area contributed by atoms with Gasteiger partial charge >= 0.3 is 5.97 Å². The Hall–Kier alpha value is -1.10. The van der Waals surface area contributed by atoms with Gasteiger partial charge in [-0.25, -0.2) is 0 Å². The van der Waals surface area contributed by atoms with Gasteiger partial charge in [-0.3, -0.25) is 9.59 Å². The number of hydrogen-bond acceptors (Lipinski definition) is 3. The van der Waals surface area contributed by atoms with Gasteiger partial charge in [0.05, 0.1) is 5.92 Å². The minimum atomic E-state index is -0.771. The molecule has 0 aliphatic heterocycles. The van der Waals surface area contributed by atoms with E-state index < -0.39 is 5.97 Å². The number of hydrogen-bond donors (Lipinski definition) is 2. The average molecular weight is 285 g/mol. The molecule has 0 bridgehead atoms. The van der Waals surface area contributed by atoms with E-state index in [1.54, 1.807) is 0 Å². The molecule has 5 nitrogen and oxygen atoms in total. The Balaban J connectivity index is 2.11. The molecule has 0 aromatic heterocycles. The van der Waals surface area contributed by atoms with Gasteiger partial charge in [-0.05, 0) is 32.1 Å². The minimum Gasteiger partial charge on any atom is -0.481 e. The lowest BCUT2D eigenvalue weighted by Crippen LogP contribution is -2.36. The molecule has 2 unspecified atom stereocenters. The molecule has 0 aromatic rings. The monoisotopic (exact) mass is 285 g/mol. The van der Waals surface area contributed by atoms with Gasteiger partial charge in [0.2, 0.25) is 5.91 Å². The number of carbonyl (C=O) groups is 2. The summed E-state index contributed by atoms with van der Waals surface area (Å²) in [7, 11) is 0. The fourth-order valence-electron chi connectivity index (χ4n) is 2.53. The number of carbonyl (C=O) groups excluding carboxylic acids is 1. The largest absolute Gasteiger partial charge is 0.481 e. The zero-order valence-corrected chi connectivity index (χ0v) is 12.4. The van der Waals surface area contributed by atoms with Crippen molar-refractivity contribution in [1.29, 1.82) is 0 Å². The molecule has 1 saturated carbocycles. The van der Waals surface area contributed by atoms with E-state index in [-0.39, 0.29) is 17.7 Å². The average Bonchev–Trinajstić information content (AvgIpc) is 2.46. The van der Waals surface area contributed by atoms with Crippen molar-refractivity contribution in [3.8, 4) is 0 Å². The van der Waals surface area contributed by atoms with E-state index in [1.165, 1.54) is 0 Å². The maximum atomic E-state index is 12.0. The molecular weight excluding hydrogens is 258 g/mol. The lowest BCUT2D eigenvalue weighted by atomic mass is 9.81. The molecule has 1 fully saturated rings. The van der Waals surface area contributed by atoms with Crippen LogP contribution in [0, 0.1) is 11.8 Å². The van der Waals surface area contributed by atoms with Gasteiger partial charge in [-0.1, -0.05) is 19.8 Å². The van der Waals surface area contributed by atoms with E-state index in [1.807, 2.05) is 0 Å². The molecule has 1 rings (SSSR count). The Kier molecular flexibility index (Phi) is 8.26. The molecule has 1 amide bonds. The van der Waals surface area contributed by atoms with Crippen LogP contribution in [0.4, 0.5) is 0 Å². The van der Waals surface area contributed by atoms with E-state index in [0.717, 1.165) is 38.7 Å². The summed E-state index contributed by atoms with van der Waals surface area (Å²) in [6.07, 6.45) is 5.83. The van der Waals surface area contributed by atoms with Crippen LogP contribution in [0.15, 0.2) is 0 Å². The molecule has 116 valence electrons. The van der Waals surface area contributed by atoms with Crippen LogP contribution < -0.4 is 5.32 Å². The Morgan fingerprint density at radius 1 is 1.20 bits per heavy atom. The highest BCUT2D eigenvalue weighted by atomic mass is 16.5. The van der Waals surface area contributed by atoms with Gasteiger partial charge in [0.25, 0.3) is 0 Å². The second kappa shape index (κ2) is 9.75. The fraction of sp³-hybridized carbons (Fsp3) is 0.867. The Morgan fingerprint density at radius 3 is 2.60 bits per heavy atom. The SMILES string of the molecule is CCCCOCCCNC(=O)C1CCCC(C(=O)O)C1. The van der Waals surface area contributed by atoms with Gasteiger partial charge in [0, 0.05) is 25.7 Å². The Labute approximate surface area is 121 Å². The summed E-state index contributed by atoms with van der Waals surface area (Å²) >= 11 is 0. The first kappa shape index (κ1) is 17.0. The number of aliphatic carboxylic acids is 1. The highest BCUT2D eigenvalue weighted by molar-refractivity contribution is 5.80. The molecule has 5 heteroatoms. The zero-order valence-electron chi connectivity index (χ0n) is 12.4. The van der Waals surface area contributed by atoms with Crippen LogP contribution in [0.1, 0.15) is 51.9 Å². The van der Waals surface area contributed by atoms with Gasteiger partial charge in [0.1, 0.15) is 0 Å². The molecule has 0 radical (unpaired) electrons. The fourth-order valence-corrected chi connectivity index (χ4v) is 2.53. The third kappa shape index (κ3) is 6.37. The van der Waals surface area contributed by atoms with Crippen molar-refractivity contribution in [1.82, 2.24) is 5.32 Å². The van der Waals surface area contributed by atoms with Gasteiger partial charge in [-0.15, -0.1) is 0 Å². The summed E-state index contributed by atoms with van der Waals surface area (Å²) in [5, 5.41) is 11.9. The van der Waals surface area contributed by atoms with E-state index in [9.17, 15) is 9.59 Å². The first-order chi connectivity index (χ1) is 9.65. The van der Waals surface area contributed by atoms with Crippen molar-refractivity contribution < 1.29 is 19.4 Å². The van der Waals surface area contributed by atoms with Crippen molar-refractivity contribution in [2.24, 2.45) is 11.8 Å². The molecule has 2 N–H and O–H groups in total. The quantitative estimate of drug-likeness (QED) is 0.637. The van der Waals surface area contributed by atoms with E-state index in [4.69, 9.17) is 9.84 Å². The number of amides is 1. The number of unbranched alkanes of at least 4 members (excludes halogenated alkanes) is 1. The van der Waals surface area contributed by atoms with Crippen molar-refractivity contribution in [3.05, 3.63) is 0 Å². The Morgan fingerprint density at radius 2 is 1.90 bits per heavy atom. The van der Waals surface area contributed by atoms with Crippen molar-refractivity contribution in [2.75, 3.05) is 19.8 Å². The van der Waals surface area contributed by atoms with Crippen LogP contribution in [0.2, 0.25) is 0 Å². The highest BCUT2D eigenvalue weighted by Gasteiger charge is 2.30. The van der Waals surface area contributed by atoms with Crippen LogP contribution in [-0.2, 0) is 14.3 Å². The van der Waals surface area contributed by atoms with Crippen LogP contribution >= 0.6 is 0 Å². The molecule has 1 aliphatic carbocycles. The normalized spacial score (nSPS) is 22.4. The summed E-state index contributed by atoms with van der Waals surface area (Å²) in [4.78, 5) is 22.9. The van der Waals surface area contributed by atoms with E-state index >= 15 is 0 Å². The molecule has 1 aliphatic rings. The van der Waals surface area contributed by atoms with Gasteiger partial charge < -0.3 is 15.2 Å². The van der Waals surface area contributed by atoms with Crippen molar-refractivity contribution in [3.63, 3.8) is 0 Å². The predicted molar refractivity (Wildman–Crippen MR) is 76.4 cm³/mol. The topological polar surface area (TPSA) is 75.6 Å². The van der Waals surface area contributed by atoms with Crippen molar-refractivity contribution in [2.45, 2.75) is 51.9 Å². The second-order valence-corrected chi connectivity index (χ2v) is 5.51. The third-order valence-corrected chi connectivity index (χ3v) is 3.80. The molecule has 0 aromatic carbocycles. The first-order valence-corrected chi connectivity index (χ1v) is 7.73. The molecule has 0 saturated heterocycles. The summed E-state index contributed by atoms with van der Waals surface area (Å²) in [5.41, 5.74) is 0. The maximum Gasteiger partial charge on any atom is 0.306 e. The van der Waals surface area contributed by atoms with Crippen LogP contribution in [0.25, 0.3) is 0 Å². The number of rotatable bonds is 9. The molecule has 0 spiro atoms. The van der Waals surface area contributed by atoms with Gasteiger partial charge in [0.15, 0.2) is 0 Å². The van der Waals surface area contributed by atoms with E-state index in [2.05, 4.69) is 12.2 Å². The van der Waals surface area contributed by atoms with Crippen molar-refractivity contribution >= 4 is 11.9 Å². The number of nitrogens with one attached hydrogen (secondary N) is 1. The van der Waals surface area contributed by atoms with Crippen LogP contribution in [0.5, 0.6) is 0 Å². The summed E-state index contributed by atoms with van der Waals surface area (Å²) < 4.78 is 5.42. The third-order valence-electron chi connectivity index (χ3n) is 3.80. The highest BCUT2D eigenvalue weighted by Crippen LogP contribution is 2.29. The summed E-state index contributed by atoms with van der Waals surface area (Å²) in [6.45, 7) is 4.19. The smallest absolute Gasteiger partial charge is 0.306 e. The van der Waals surface area contributed by atoms with Crippen LogP contribution in [0.3, 0.4) is 0 Å². The number of carboxylic acid groups (broad SMARTS) is 1. The Bertz CT molecular complexity index is 306. The number of carboxylic acids is 1. The maximum absolute atomic E-state index is 12.0. The molecule has 20 heavy (non-hydrogen) atoms. The number of ether oxygens (including phenoxy) is 1. The van der Waals surface area contributed by atoms with Crippen LogP contribution in [-0.4, -0.2) is 36.7 Å². The van der Waals surface area contributed by atoms with Gasteiger partial charge in [-0.2, -0.15) is 0 Å². The molecule has 0 heterocycles. The standard InChI is InChI=1S/C15H27NO4/c1-2-3-9-20-10-5-8-16-14(17)12-6-4-7-13(11-12)15(18)19/h12-13H,2-11H2,1H3,(H,16,17)(H,18,19). The predicted octanol–water partition coefficient (Wildman–Crippen LogP) is 2.20. The lowest BCUT2D eigenvalue weighted by Gasteiger charge is -2.25.